The number of rotatable bonds is 0. The van der Waals surface area contributed by atoms with Gasteiger partial charge in [-0.2, -0.15) is 0 Å². The van der Waals surface area contributed by atoms with E-state index in [0.29, 0.717) is 0 Å². The van der Waals surface area contributed by atoms with E-state index in [2.05, 4.69) is 81.1 Å². The van der Waals surface area contributed by atoms with Crippen molar-refractivity contribution >= 4 is 34.1 Å². The fraction of sp³-hybridized carbons (Fsp3) is 0.125. The Morgan fingerprint density at radius 1 is 0.944 bits per heavy atom. The zero-order valence-electron chi connectivity index (χ0n) is 10.1. The van der Waals surface area contributed by atoms with Gasteiger partial charge in [-0.05, 0) is 34.8 Å². The topological polar surface area (TPSA) is 3.24 Å². The average Bonchev–Trinajstić information content (AvgIpc) is 2.38. The van der Waals surface area contributed by atoms with E-state index in [1.54, 1.807) is 0 Å². The van der Waals surface area contributed by atoms with Gasteiger partial charge in [0.25, 0.3) is 0 Å². The summed E-state index contributed by atoms with van der Waals surface area (Å²) in [6.07, 6.45) is 0.923. The van der Waals surface area contributed by atoms with Crippen LogP contribution in [0.15, 0.2) is 55.1 Å². The number of allylic oxidation sites excluding steroid dienone is 1. The van der Waals surface area contributed by atoms with E-state index in [-0.39, 0.29) is 0 Å². The van der Waals surface area contributed by atoms with Crippen LogP contribution in [-0.4, -0.2) is 0 Å². The van der Waals surface area contributed by atoms with Gasteiger partial charge in [-0.15, -0.1) is 0 Å². The molecule has 90 valence electrons. The fourth-order valence-corrected chi connectivity index (χ4v) is 3.30. The molecule has 1 heterocycles. The Morgan fingerprint density at radius 3 is 2.44 bits per heavy atom. The lowest BCUT2D eigenvalue weighted by atomic mass is 9.93. The molecule has 0 aliphatic carbocycles. The van der Waals surface area contributed by atoms with Crippen LogP contribution in [-0.2, 0) is 13.0 Å². The van der Waals surface area contributed by atoms with Crippen LogP contribution in [0.4, 0.5) is 5.69 Å². The summed E-state index contributed by atoms with van der Waals surface area (Å²) in [5.74, 6) is 0. The number of fused-ring (bicyclic) bond motifs is 2. The number of hydrogen-bond acceptors (Lipinski definition) is 1. The van der Waals surface area contributed by atoms with Crippen molar-refractivity contribution in [1.82, 2.24) is 0 Å². The molecule has 2 heteroatoms. The third kappa shape index (κ3) is 2.05. The first-order valence-electron chi connectivity index (χ1n) is 6.03. The first kappa shape index (κ1) is 11.8. The highest BCUT2D eigenvalue weighted by atomic mass is 127. The Bertz CT molecular complexity index is 604. The Morgan fingerprint density at radius 2 is 1.61 bits per heavy atom. The maximum Gasteiger partial charge on any atom is 0.0594 e. The second-order valence-corrected chi connectivity index (χ2v) is 5.75. The summed E-state index contributed by atoms with van der Waals surface area (Å²) >= 11 is 2.40. The Hall–Kier alpha value is -1.29. The molecule has 18 heavy (non-hydrogen) atoms. The number of para-hydroxylation sites is 1. The zero-order chi connectivity index (χ0) is 12.5. The molecule has 1 aliphatic rings. The van der Waals surface area contributed by atoms with Crippen molar-refractivity contribution in [2.24, 2.45) is 0 Å². The molecule has 0 unspecified atom stereocenters. The number of anilines is 1. The molecule has 0 fully saturated rings. The molecule has 2 aromatic carbocycles. The number of nitrogens with zero attached hydrogens (tertiary/aromatic N) is 1. The molecule has 1 aliphatic heterocycles. The van der Waals surface area contributed by atoms with E-state index in [4.69, 9.17) is 0 Å². The molecule has 0 atom stereocenters. The van der Waals surface area contributed by atoms with Crippen molar-refractivity contribution in [3.63, 3.8) is 0 Å². The van der Waals surface area contributed by atoms with Crippen LogP contribution < -0.4 is 3.11 Å². The molecule has 2 aromatic rings. The van der Waals surface area contributed by atoms with Gasteiger partial charge >= 0.3 is 0 Å². The largest absolute Gasteiger partial charge is 0.310 e. The third-order valence-corrected chi connectivity index (χ3v) is 4.23. The lowest BCUT2D eigenvalue weighted by Crippen LogP contribution is -2.15. The van der Waals surface area contributed by atoms with Gasteiger partial charge in [0, 0.05) is 5.69 Å². The molecule has 0 aromatic heterocycles. The van der Waals surface area contributed by atoms with E-state index in [1.165, 1.54) is 28.0 Å². The highest BCUT2D eigenvalue weighted by Crippen LogP contribution is 2.34. The molecular weight excluding hydrogens is 333 g/mol. The van der Waals surface area contributed by atoms with Crippen LogP contribution >= 0.6 is 22.9 Å². The molecular formula is C16H14IN. The molecule has 0 radical (unpaired) electrons. The number of hydrogen-bond donors (Lipinski definition) is 0. The molecule has 0 saturated carbocycles. The van der Waals surface area contributed by atoms with E-state index in [0.717, 1.165) is 13.0 Å². The highest BCUT2D eigenvalue weighted by molar-refractivity contribution is 14.1. The van der Waals surface area contributed by atoms with Crippen LogP contribution in [0.5, 0.6) is 0 Å². The van der Waals surface area contributed by atoms with Crippen molar-refractivity contribution in [1.29, 1.82) is 0 Å². The highest BCUT2D eigenvalue weighted by Gasteiger charge is 2.16. The number of benzene rings is 2. The van der Waals surface area contributed by atoms with Gasteiger partial charge in [-0.3, -0.25) is 0 Å². The van der Waals surface area contributed by atoms with Gasteiger partial charge < -0.3 is 3.11 Å². The van der Waals surface area contributed by atoms with Crippen molar-refractivity contribution < 1.29 is 0 Å². The summed E-state index contributed by atoms with van der Waals surface area (Å²) in [6, 6.07) is 17.1. The average molecular weight is 347 g/mol. The minimum Gasteiger partial charge on any atom is -0.310 e. The fourth-order valence-electron chi connectivity index (χ4n) is 2.46. The monoisotopic (exact) mass is 347 g/mol. The molecule has 0 spiro atoms. The second-order valence-electron chi connectivity index (χ2n) is 4.59. The van der Waals surface area contributed by atoms with Gasteiger partial charge in [0.15, 0.2) is 0 Å². The molecule has 0 amide bonds. The SMILES string of the molecule is C=C1Cc2ccccc2N(I)Cc2ccccc21. The molecule has 0 N–H and O–H groups in total. The standard InChI is InChI=1S/C16H14IN/c1-12-10-13-6-3-5-9-16(13)18(17)11-14-7-2-4-8-15(12)14/h2-9H,1,10-11H2. The number of halogens is 1. The predicted molar refractivity (Wildman–Crippen MR) is 85.8 cm³/mol. The van der Waals surface area contributed by atoms with Crippen LogP contribution in [0.25, 0.3) is 5.57 Å². The third-order valence-electron chi connectivity index (χ3n) is 3.36. The van der Waals surface area contributed by atoms with Crippen molar-refractivity contribution in [3.05, 3.63) is 71.8 Å². The van der Waals surface area contributed by atoms with E-state index < -0.39 is 0 Å². The first-order chi connectivity index (χ1) is 8.75. The Balaban J connectivity index is 2.12. The van der Waals surface area contributed by atoms with Gasteiger partial charge in [0.05, 0.1) is 29.4 Å². The maximum absolute atomic E-state index is 4.26. The molecule has 1 nitrogen and oxygen atoms in total. The Kier molecular flexibility index (Phi) is 3.12. The zero-order valence-corrected chi connectivity index (χ0v) is 12.2. The van der Waals surface area contributed by atoms with Gasteiger partial charge in [0.2, 0.25) is 0 Å². The lowest BCUT2D eigenvalue weighted by molar-refractivity contribution is 1.04. The van der Waals surface area contributed by atoms with E-state index >= 15 is 0 Å². The molecule has 3 rings (SSSR count). The van der Waals surface area contributed by atoms with E-state index in [9.17, 15) is 0 Å². The quantitative estimate of drug-likeness (QED) is 0.497. The van der Waals surface area contributed by atoms with Gasteiger partial charge in [-0.1, -0.05) is 49.0 Å². The van der Waals surface area contributed by atoms with Gasteiger partial charge in [-0.25, -0.2) is 0 Å². The minimum atomic E-state index is 0.923. The summed E-state index contributed by atoms with van der Waals surface area (Å²) in [6.45, 7) is 5.18. The summed E-state index contributed by atoms with van der Waals surface area (Å²) in [5, 5.41) is 0. The van der Waals surface area contributed by atoms with Crippen molar-refractivity contribution in [3.8, 4) is 0 Å². The van der Waals surface area contributed by atoms with Gasteiger partial charge in [0.1, 0.15) is 0 Å². The molecule has 0 bridgehead atoms. The predicted octanol–water partition coefficient (Wildman–Crippen LogP) is 4.61. The van der Waals surface area contributed by atoms with Crippen molar-refractivity contribution in [2.75, 3.05) is 3.11 Å². The van der Waals surface area contributed by atoms with Crippen LogP contribution in [0.1, 0.15) is 16.7 Å². The van der Waals surface area contributed by atoms with Crippen LogP contribution in [0.3, 0.4) is 0 Å². The lowest BCUT2D eigenvalue weighted by Gasteiger charge is -2.25. The maximum atomic E-state index is 4.26. The van der Waals surface area contributed by atoms with E-state index in [1.807, 2.05) is 0 Å². The summed E-state index contributed by atoms with van der Waals surface area (Å²) in [7, 11) is 0. The van der Waals surface area contributed by atoms with Crippen molar-refractivity contribution in [2.45, 2.75) is 13.0 Å². The minimum absolute atomic E-state index is 0.923. The van der Waals surface area contributed by atoms with Crippen LogP contribution in [0.2, 0.25) is 0 Å². The first-order valence-corrected chi connectivity index (χ1v) is 6.99. The summed E-state index contributed by atoms with van der Waals surface area (Å²) in [5.41, 5.74) is 6.52. The normalized spacial score (nSPS) is 14.5. The Labute approximate surface area is 122 Å². The second kappa shape index (κ2) is 4.76. The van der Waals surface area contributed by atoms with Crippen LogP contribution in [0, 0.1) is 0 Å². The summed E-state index contributed by atoms with van der Waals surface area (Å²) < 4.78 is 2.29. The molecule has 0 saturated heterocycles. The smallest absolute Gasteiger partial charge is 0.0594 e. The summed E-state index contributed by atoms with van der Waals surface area (Å²) in [4.78, 5) is 0.